The fourth-order valence-corrected chi connectivity index (χ4v) is 1.49. The van der Waals surface area contributed by atoms with Crippen LogP contribution in [0.1, 0.15) is 25.0 Å². The first kappa shape index (κ1) is 14.3. The Labute approximate surface area is 104 Å². The van der Waals surface area contributed by atoms with Crippen molar-refractivity contribution in [3.8, 4) is 5.69 Å². The molecule has 18 heavy (non-hydrogen) atoms. The third-order valence-electron chi connectivity index (χ3n) is 2.19. The number of benzene rings is 1. The minimum absolute atomic E-state index is 0.463. The molecule has 1 heterocycles. The predicted molar refractivity (Wildman–Crippen MR) is 64.7 cm³/mol. The second-order valence-corrected chi connectivity index (χ2v) is 3.52. The van der Waals surface area contributed by atoms with Crippen molar-refractivity contribution < 1.29 is 13.2 Å². The van der Waals surface area contributed by atoms with E-state index in [4.69, 9.17) is 0 Å². The molecule has 0 atom stereocenters. The summed E-state index contributed by atoms with van der Waals surface area (Å²) in [6.45, 7) is 5.63. The molecule has 1 aromatic carbocycles. The number of aromatic nitrogens is 2. The highest BCUT2D eigenvalue weighted by molar-refractivity contribution is 5.40. The Kier molecular flexibility index (Phi) is 4.53. The van der Waals surface area contributed by atoms with Crippen molar-refractivity contribution in [1.29, 1.82) is 0 Å². The van der Waals surface area contributed by atoms with Crippen molar-refractivity contribution >= 4 is 0 Å². The number of halogens is 3. The molecule has 0 unspecified atom stereocenters. The maximum atomic E-state index is 12.6. The van der Waals surface area contributed by atoms with Crippen molar-refractivity contribution in [3.05, 3.63) is 48.0 Å². The maximum Gasteiger partial charge on any atom is 0.416 e. The van der Waals surface area contributed by atoms with Gasteiger partial charge in [0.25, 0.3) is 0 Å². The number of rotatable bonds is 1. The summed E-state index contributed by atoms with van der Waals surface area (Å²) in [5.74, 6) is 0. The molecule has 0 fully saturated rings. The molecule has 0 N–H and O–H groups in total. The molecule has 0 saturated heterocycles. The fraction of sp³-hybridized carbons (Fsp3) is 0.308. The van der Waals surface area contributed by atoms with E-state index in [1.54, 1.807) is 23.8 Å². The van der Waals surface area contributed by atoms with Crippen LogP contribution in [-0.2, 0) is 6.18 Å². The Morgan fingerprint density at radius 1 is 1.11 bits per heavy atom. The van der Waals surface area contributed by atoms with E-state index in [1.165, 1.54) is 12.5 Å². The number of hydrogen-bond acceptors (Lipinski definition) is 1. The number of hydrogen-bond donors (Lipinski definition) is 0. The monoisotopic (exact) mass is 256 g/mol. The second kappa shape index (κ2) is 5.71. The Hall–Kier alpha value is -1.78. The van der Waals surface area contributed by atoms with Crippen LogP contribution in [0.5, 0.6) is 0 Å². The van der Waals surface area contributed by atoms with Crippen LogP contribution in [0.25, 0.3) is 5.69 Å². The van der Waals surface area contributed by atoms with Crippen LogP contribution in [0.4, 0.5) is 13.2 Å². The number of imidazole rings is 1. The number of nitrogens with zero attached hydrogens (tertiary/aromatic N) is 2. The van der Waals surface area contributed by atoms with Gasteiger partial charge in [-0.3, -0.25) is 0 Å². The van der Waals surface area contributed by atoms with Crippen molar-refractivity contribution in [1.82, 2.24) is 9.55 Å². The minimum Gasteiger partial charge on any atom is -0.306 e. The van der Waals surface area contributed by atoms with Crippen LogP contribution in [0.2, 0.25) is 0 Å². The van der Waals surface area contributed by atoms with E-state index in [0.717, 1.165) is 12.1 Å². The SMILES string of the molecule is CC.Cc1cc(-n2ccnc2)cc(C(F)(F)F)c1. The average molecular weight is 256 g/mol. The molecule has 0 aliphatic carbocycles. The van der Waals surface area contributed by atoms with E-state index < -0.39 is 11.7 Å². The van der Waals surface area contributed by atoms with Crippen molar-refractivity contribution in [3.63, 3.8) is 0 Å². The van der Waals surface area contributed by atoms with Gasteiger partial charge < -0.3 is 4.57 Å². The second-order valence-electron chi connectivity index (χ2n) is 3.52. The van der Waals surface area contributed by atoms with Gasteiger partial charge in [-0.1, -0.05) is 13.8 Å². The molecule has 98 valence electrons. The molecule has 0 aliphatic heterocycles. The molecule has 1 aromatic heterocycles. The van der Waals surface area contributed by atoms with Gasteiger partial charge >= 0.3 is 6.18 Å². The number of alkyl halides is 3. The lowest BCUT2D eigenvalue weighted by Crippen LogP contribution is -2.06. The van der Waals surface area contributed by atoms with Gasteiger partial charge in [-0.25, -0.2) is 4.98 Å². The van der Waals surface area contributed by atoms with Gasteiger partial charge in [0.15, 0.2) is 0 Å². The van der Waals surface area contributed by atoms with Gasteiger partial charge in [-0.05, 0) is 30.7 Å². The molecule has 2 rings (SSSR count). The summed E-state index contributed by atoms with van der Waals surface area (Å²) in [5, 5.41) is 0. The summed E-state index contributed by atoms with van der Waals surface area (Å²) < 4.78 is 39.2. The third kappa shape index (κ3) is 3.35. The Morgan fingerprint density at radius 2 is 1.78 bits per heavy atom. The first-order valence-electron chi connectivity index (χ1n) is 5.64. The molecule has 0 spiro atoms. The van der Waals surface area contributed by atoms with Crippen molar-refractivity contribution in [2.45, 2.75) is 26.9 Å². The van der Waals surface area contributed by atoms with E-state index in [9.17, 15) is 13.2 Å². The van der Waals surface area contributed by atoms with Gasteiger partial charge in [0.05, 0.1) is 11.9 Å². The van der Waals surface area contributed by atoms with Crippen LogP contribution in [-0.4, -0.2) is 9.55 Å². The topological polar surface area (TPSA) is 17.8 Å². The highest BCUT2D eigenvalue weighted by Crippen LogP contribution is 2.31. The molecule has 2 nitrogen and oxygen atoms in total. The zero-order valence-corrected chi connectivity index (χ0v) is 10.5. The van der Waals surface area contributed by atoms with E-state index >= 15 is 0 Å². The van der Waals surface area contributed by atoms with Crippen molar-refractivity contribution in [2.24, 2.45) is 0 Å². The summed E-state index contributed by atoms with van der Waals surface area (Å²) in [4.78, 5) is 3.80. The molecule has 0 bridgehead atoms. The molecular weight excluding hydrogens is 241 g/mol. The van der Waals surface area contributed by atoms with Gasteiger partial charge in [-0.2, -0.15) is 13.2 Å². The lowest BCUT2D eigenvalue weighted by molar-refractivity contribution is -0.137. The zero-order valence-electron chi connectivity index (χ0n) is 10.5. The predicted octanol–water partition coefficient (Wildman–Crippen LogP) is 4.23. The number of aryl methyl sites for hydroxylation is 1. The van der Waals surface area contributed by atoms with Gasteiger partial charge in [0.2, 0.25) is 0 Å². The molecule has 0 radical (unpaired) electrons. The molecule has 2 aromatic rings. The summed E-state index contributed by atoms with van der Waals surface area (Å²) in [6.07, 6.45) is 0.279. The highest BCUT2D eigenvalue weighted by atomic mass is 19.4. The van der Waals surface area contributed by atoms with E-state index in [-0.39, 0.29) is 0 Å². The standard InChI is InChI=1S/C11H9F3N2.C2H6/c1-8-4-9(11(12,13)14)6-10(5-8)16-3-2-15-7-16;1-2/h2-7H,1H3;1-2H3. The minimum atomic E-state index is -4.32. The summed E-state index contributed by atoms with van der Waals surface area (Å²) >= 11 is 0. The molecule has 0 aliphatic rings. The largest absolute Gasteiger partial charge is 0.416 e. The van der Waals surface area contributed by atoms with Gasteiger partial charge in [-0.15, -0.1) is 0 Å². The van der Waals surface area contributed by atoms with E-state index in [1.807, 2.05) is 13.8 Å². The first-order chi connectivity index (χ1) is 8.47. The van der Waals surface area contributed by atoms with Gasteiger partial charge in [0.1, 0.15) is 0 Å². The van der Waals surface area contributed by atoms with Crippen LogP contribution < -0.4 is 0 Å². The smallest absolute Gasteiger partial charge is 0.306 e. The normalized spacial score (nSPS) is 10.8. The molecule has 0 amide bonds. The lowest BCUT2D eigenvalue weighted by atomic mass is 10.1. The zero-order chi connectivity index (χ0) is 13.8. The van der Waals surface area contributed by atoms with E-state index in [0.29, 0.717) is 11.3 Å². The van der Waals surface area contributed by atoms with Crippen LogP contribution >= 0.6 is 0 Å². The summed E-state index contributed by atoms with van der Waals surface area (Å²) in [7, 11) is 0. The molecular formula is C13H15F3N2. The Balaban J connectivity index is 0.000000771. The highest BCUT2D eigenvalue weighted by Gasteiger charge is 2.30. The third-order valence-corrected chi connectivity index (χ3v) is 2.19. The average Bonchev–Trinajstić information content (AvgIpc) is 2.83. The Morgan fingerprint density at radius 3 is 2.28 bits per heavy atom. The first-order valence-corrected chi connectivity index (χ1v) is 5.64. The van der Waals surface area contributed by atoms with Crippen LogP contribution in [0.15, 0.2) is 36.9 Å². The molecule has 5 heteroatoms. The maximum absolute atomic E-state index is 12.6. The Bertz CT molecular complexity index is 487. The van der Waals surface area contributed by atoms with Crippen molar-refractivity contribution in [2.75, 3.05) is 0 Å². The van der Waals surface area contributed by atoms with E-state index in [2.05, 4.69) is 4.98 Å². The quantitative estimate of drug-likeness (QED) is 0.746. The summed E-state index contributed by atoms with van der Waals surface area (Å²) in [6, 6.07) is 3.91. The van der Waals surface area contributed by atoms with Crippen LogP contribution in [0, 0.1) is 6.92 Å². The molecule has 0 saturated carbocycles. The summed E-state index contributed by atoms with van der Waals surface area (Å²) in [5.41, 5.74) is 0.388. The van der Waals surface area contributed by atoms with Gasteiger partial charge in [0, 0.05) is 18.1 Å². The fourth-order valence-electron chi connectivity index (χ4n) is 1.49. The van der Waals surface area contributed by atoms with Crippen LogP contribution in [0.3, 0.4) is 0 Å². The lowest BCUT2D eigenvalue weighted by Gasteiger charge is -2.10.